The van der Waals surface area contributed by atoms with Gasteiger partial charge in [-0.3, -0.25) is 4.79 Å². The number of fused-ring (bicyclic) bond motifs is 1. The molecule has 4 aromatic carbocycles. The van der Waals surface area contributed by atoms with Gasteiger partial charge in [0.05, 0.1) is 6.54 Å². The number of quaternary nitrogens is 1. The van der Waals surface area contributed by atoms with E-state index in [9.17, 15) is 4.79 Å². The Hall–Kier alpha value is -3.69. The second kappa shape index (κ2) is 9.21. The Bertz CT molecular complexity index is 1220. The van der Waals surface area contributed by atoms with E-state index in [1.165, 1.54) is 16.7 Å². The van der Waals surface area contributed by atoms with Crippen molar-refractivity contribution in [2.24, 2.45) is 0 Å². The lowest BCUT2D eigenvalue weighted by molar-refractivity contribution is -0.929. The number of rotatable bonds is 5. The van der Waals surface area contributed by atoms with Crippen LogP contribution in [0.3, 0.4) is 0 Å². The lowest BCUT2D eigenvalue weighted by Crippen LogP contribution is -3.10. The monoisotopic (exact) mass is 419 g/mol. The maximum Gasteiger partial charge on any atom is 0.255 e. The van der Waals surface area contributed by atoms with Gasteiger partial charge in [-0.05, 0) is 29.3 Å². The van der Waals surface area contributed by atoms with Crippen LogP contribution < -0.4 is 10.2 Å². The standard InChI is InChI=1S/C29H26N2O/c32-29(30-28-13-7-6-12-27(28)24-9-2-1-3-10-24)25-16-14-22(15-17-25)20-31-19-18-23-8-4-5-11-26(23)21-31/h1-17H,18-21H2,(H,30,32)/p+1. The molecule has 0 spiro atoms. The van der Waals surface area contributed by atoms with Crippen molar-refractivity contribution in [1.29, 1.82) is 0 Å². The molecule has 1 aliphatic rings. The maximum absolute atomic E-state index is 12.9. The van der Waals surface area contributed by atoms with Crippen LogP contribution in [-0.4, -0.2) is 12.5 Å². The van der Waals surface area contributed by atoms with Crippen molar-refractivity contribution in [3.05, 3.63) is 125 Å². The van der Waals surface area contributed by atoms with Crippen LogP contribution in [0.2, 0.25) is 0 Å². The fraction of sp³-hybridized carbons (Fsp3) is 0.138. The molecule has 4 aromatic rings. The maximum atomic E-state index is 12.9. The minimum absolute atomic E-state index is 0.0841. The minimum Gasteiger partial charge on any atom is -0.327 e. The Morgan fingerprint density at radius 3 is 2.25 bits per heavy atom. The first kappa shape index (κ1) is 20.2. The van der Waals surface area contributed by atoms with Crippen LogP contribution in [-0.2, 0) is 19.5 Å². The normalized spacial score (nSPS) is 15.1. The minimum atomic E-state index is -0.0841. The van der Waals surface area contributed by atoms with Crippen molar-refractivity contribution in [3.63, 3.8) is 0 Å². The van der Waals surface area contributed by atoms with Gasteiger partial charge in [0.2, 0.25) is 0 Å². The highest BCUT2D eigenvalue weighted by Crippen LogP contribution is 2.28. The molecule has 5 rings (SSSR count). The van der Waals surface area contributed by atoms with E-state index in [1.807, 2.05) is 54.6 Å². The van der Waals surface area contributed by atoms with Crippen LogP contribution in [0.25, 0.3) is 11.1 Å². The molecule has 0 fully saturated rings. The molecule has 0 aliphatic carbocycles. The molecule has 0 radical (unpaired) electrons. The van der Waals surface area contributed by atoms with Crippen LogP contribution in [0.5, 0.6) is 0 Å². The molecule has 0 bridgehead atoms. The summed E-state index contributed by atoms with van der Waals surface area (Å²) in [5.74, 6) is -0.0841. The van der Waals surface area contributed by atoms with Gasteiger partial charge in [0.25, 0.3) is 5.91 Å². The van der Waals surface area contributed by atoms with Crippen LogP contribution in [0, 0.1) is 0 Å². The molecule has 32 heavy (non-hydrogen) atoms. The molecular weight excluding hydrogens is 392 g/mol. The van der Waals surface area contributed by atoms with Gasteiger partial charge in [-0.15, -0.1) is 0 Å². The zero-order valence-corrected chi connectivity index (χ0v) is 18.1. The van der Waals surface area contributed by atoms with E-state index in [2.05, 4.69) is 53.8 Å². The molecule has 1 amide bonds. The van der Waals surface area contributed by atoms with Gasteiger partial charge >= 0.3 is 0 Å². The van der Waals surface area contributed by atoms with Gasteiger partial charge in [-0.25, -0.2) is 0 Å². The SMILES string of the molecule is O=C(Nc1ccccc1-c1ccccc1)c1ccc(C[NH+]2CCc3ccccc3C2)cc1. The van der Waals surface area contributed by atoms with Gasteiger partial charge < -0.3 is 10.2 Å². The fourth-order valence-electron chi connectivity index (χ4n) is 4.51. The molecule has 158 valence electrons. The topological polar surface area (TPSA) is 33.5 Å². The predicted molar refractivity (Wildman–Crippen MR) is 130 cm³/mol. The molecule has 2 N–H and O–H groups in total. The second-order valence-corrected chi connectivity index (χ2v) is 8.43. The number of amides is 1. The Labute approximate surface area is 189 Å². The first-order valence-electron chi connectivity index (χ1n) is 11.2. The van der Waals surface area contributed by atoms with Crippen molar-refractivity contribution in [3.8, 4) is 11.1 Å². The smallest absolute Gasteiger partial charge is 0.255 e. The number of carbonyl (C=O) groups is 1. The molecule has 1 unspecified atom stereocenters. The van der Waals surface area contributed by atoms with Gasteiger partial charge in [0.1, 0.15) is 13.1 Å². The molecule has 0 saturated carbocycles. The molecule has 0 aromatic heterocycles. The van der Waals surface area contributed by atoms with Crippen molar-refractivity contribution in [2.75, 3.05) is 11.9 Å². The van der Waals surface area contributed by atoms with Crippen molar-refractivity contribution in [1.82, 2.24) is 0 Å². The number of hydrogen-bond acceptors (Lipinski definition) is 1. The van der Waals surface area contributed by atoms with Crippen LogP contribution in [0.1, 0.15) is 27.0 Å². The van der Waals surface area contributed by atoms with E-state index < -0.39 is 0 Å². The Morgan fingerprint density at radius 1 is 0.750 bits per heavy atom. The van der Waals surface area contributed by atoms with E-state index in [0.717, 1.165) is 42.9 Å². The number of carbonyl (C=O) groups excluding carboxylic acids is 1. The zero-order chi connectivity index (χ0) is 21.8. The van der Waals surface area contributed by atoms with Crippen molar-refractivity contribution in [2.45, 2.75) is 19.5 Å². The first-order chi connectivity index (χ1) is 15.8. The van der Waals surface area contributed by atoms with E-state index in [4.69, 9.17) is 0 Å². The average molecular weight is 420 g/mol. The summed E-state index contributed by atoms with van der Waals surface area (Å²) in [6.45, 7) is 3.19. The summed E-state index contributed by atoms with van der Waals surface area (Å²) in [6.07, 6.45) is 1.13. The highest BCUT2D eigenvalue weighted by molar-refractivity contribution is 6.06. The highest BCUT2D eigenvalue weighted by atomic mass is 16.1. The third kappa shape index (κ3) is 4.48. The lowest BCUT2D eigenvalue weighted by Gasteiger charge is -2.26. The lowest BCUT2D eigenvalue weighted by atomic mass is 9.99. The Kier molecular flexibility index (Phi) is 5.82. The predicted octanol–water partition coefficient (Wildman–Crippen LogP) is 4.75. The van der Waals surface area contributed by atoms with Crippen molar-refractivity contribution < 1.29 is 9.69 Å². The number of hydrogen-bond donors (Lipinski definition) is 2. The molecular formula is C29H27N2O+. The zero-order valence-electron chi connectivity index (χ0n) is 18.1. The summed E-state index contributed by atoms with van der Waals surface area (Å²) in [5, 5.41) is 3.09. The quantitative estimate of drug-likeness (QED) is 0.481. The van der Waals surface area contributed by atoms with E-state index >= 15 is 0 Å². The number of benzene rings is 4. The highest BCUT2D eigenvalue weighted by Gasteiger charge is 2.19. The average Bonchev–Trinajstić information content (AvgIpc) is 2.85. The van der Waals surface area contributed by atoms with E-state index in [-0.39, 0.29) is 5.91 Å². The molecule has 1 atom stereocenters. The number of anilines is 1. The summed E-state index contributed by atoms with van der Waals surface area (Å²) >= 11 is 0. The van der Waals surface area contributed by atoms with Crippen LogP contribution in [0.15, 0.2) is 103 Å². The fourth-order valence-corrected chi connectivity index (χ4v) is 4.51. The summed E-state index contributed by atoms with van der Waals surface area (Å²) in [5.41, 5.74) is 7.82. The van der Waals surface area contributed by atoms with E-state index in [1.54, 1.807) is 4.90 Å². The van der Waals surface area contributed by atoms with Crippen LogP contribution >= 0.6 is 0 Å². The first-order valence-corrected chi connectivity index (χ1v) is 11.2. The Balaban J connectivity index is 1.26. The Morgan fingerprint density at radius 2 is 1.44 bits per heavy atom. The van der Waals surface area contributed by atoms with Crippen LogP contribution in [0.4, 0.5) is 5.69 Å². The van der Waals surface area contributed by atoms with Gasteiger partial charge in [-0.1, -0.05) is 84.9 Å². The molecule has 0 saturated heterocycles. The molecule has 1 heterocycles. The summed E-state index contributed by atoms with van der Waals surface area (Å²) < 4.78 is 0. The summed E-state index contributed by atoms with van der Waals surface area (Å²) in [6, 6.07) is 34.9. The largest absolute Gasteiger partial charge is 0.327 e. The van der Waals surface area contributed by atoms with Gasteiger partial charge in [-0.2, -0.15) is 0 Å². The molecule has 1 aliphatic heterocycles. The molecule has 3 heteroatoms. The van der Waals surface area contributed by atoms with Crippen molar-refractivity contribution >= 4 is 11.6 Å². The molecule has 3 nitrogen and oxygen atoms in total. The third-order valence-corrected chi connectivity index (χ3v) is 6.24. The number of nitrogens with one attached hydrogen (secondary N) is 2. The van der Waals surface area contributed by atoms with Gasteiger partial charge in [0, 0.05) is 34.4 Å². The number of para-hydroxylation sites is 1. The van der Waals surface area contributed by atoms with Gasteiger partial charge in [0.15, 0.2) is 0 Å². The summed E-state index contributed by atoms with van der Waals surface area (Å²) in [4.78, 5) is 14.5. The second-order valence-electron chi connectivity index (χ2n) is 8.43. The third-order valence-electron chi connectivity index (χ3n) is 6.24. The van der Waals surface area contributed by atoms with E-state index in [0.29, 0.717) is 5.56 Å². The summed E-state index contributed by atoms with van der Waals surface area (Å²) in [7, 11) is 0.